The number of aliphatic hydroxyl groups excluding tert-OH is 1. The quantitative estimate of drug-likeness (QED) is 0.332. The Hall–Kier alpha value is -4.06. The lowest BCUT2D eigenvalue weighted by atomic mass is 9.92. The average molecular weight is 526 g/mol. The van der Waals surface area contributed by atoms with Crippen molar-refractivity contribution < 1.29 is 34.1 Å². The highest BCUT2D eigenvalue weighted by atomic mass is 16.6. The number of esters is 1. The van der Waals surface area contributed by atoms with E-state index in [1.54, 1.807) is 24.5 Å². The summed E-state index contributed by atoms with van der Waals surface area (Å²) in [4.78, 5) is 60.4. The summed E-state index contributed by atoms with van der Waals surface area (Å²) in [5, 5.41) is 29.2. The predicted molar refractivity (Wildman–Crippen MR) is 132 cm³/mol. The second-order valence-corrected chi connectivity index (χ2v) is 9.77. The lowest BCUT2D eigenvalue weighted by Crippen LogP contribution is -2.62. The van der Waals surface area contributed by atoms with Gasteiger partial charge in [0.05, 0.1) is 24.1 Å². The fourth-order valence-corrected chi connectivity index (χ4v) is 4.37. The van der Waals surface area contributed by atoms with E-state index in [2.05, 4.69) is 25.9 Å². The van der Waals surface area contributed by atoms with Crippen LogP contribution in [0, 0.1) is 11.8 Å². The highest BCUT2D eigenvalue weighted by Crippen LogP contribution is 2.35. The molecule has 2 fully saturated rings. The molecular weight excluding hydrogens is 494 g/mol. The molecule has 4 rings (SSSR count). The normalized spacial score (nSPS) is 28.7. The monoisotopic (exact) mass is 525 g/mol. The summed E-state index contributed by atoms with van der Waals surface area (Å²) in [6.07, 6.45) is 3.53. The van der Waals surface area contributed by atoms with Crippen LogP contribution >= 0.6 is 0 Å². The van der Waals surface area contributed by atoms with Gasteiger partial charge in [-0.05, 0) is 56.9 Å². The zero-order chi connectivity index (χ0) is 27.4. The van der Waals surface area contributed by atoms with Gasteiger partial charge in [-0.1, -0.05) is 6.07 Å². The first-order valence-corrected chi connectivity index (χ1v) is 12.5. The number of aromatic nitrogens is 2. The molecule has 0 radical (unpaired) electrons. The second-order valence-electron chi connectivity index (χ2n) is 9.77. The van der Waals surface area contributed by atoms with E-state index < -0.39 is 59.9 Å². The molecule has 2 aromatic heterocycles. The van der Waals surface area contributed by atoms with Gasteiger partial charge in [0, 0.05) is 24.5 Å². The number of nitrogens with zero attached hydrogens (tertiary/aromatic N) is 2. The second kappa shape index (κ2) is 11.5. The molecular formula is C26H31N5O7. The van der Waals surface area contributed by atoms with Crippen molar-refractivity contribution in [2.75, 3.05) is 0 Å². The van der Waals surface area contributed by atoms with E-state index >= 15 is 0 Å². The third-order valence-corrected chi connectivity index (χ3v) is 6.79. The van der Waals surface area contributed by atoms with Crippen molar-refractivity contribution in [2.45, 2.75) is 63.4 Å². The molecule has 1 saturated carbocycles. The molecule has 202 valence electrons. The number of aliphatic hydroxyl groups is 1. The van der Waals surface area contributed by atoms with Crippen LogP contribution in [-0.2, 0) is 25.5 Å². The van der Waals surface area contributed by atoms with Crippen LogP contribution < -0.4 is 16.0 Å². The Balaban J connectivity index is 1.66. The number of amides is 3. The number of carbonyl (C=O) groups is 4. The molecule has 0 aromatic carbocycles. The van der Waals surface area contributed by atoms with E-state index in [1.807, 2.05) is 0 Å². The zero-order valence-electron chi connectivity index (χ0n) is 21.0. The first-order valence-electron chi connectivity index (χ1n) is 12.5. The molecule has 6 unspecified atom stereocenters. The van der Waals surface area contributed by atoms with Gasteiger partial charge < -0.3 is 30.9 Å². The third-order valence-electron chi connectivity index (χ3n) is 6.79. The third kappa shape index (κ3) is 6.25. The van der Waals surface area contributed by atoms with E-state index in [1.165, 1.54) is 32.2 Å². The zero-order valence-corrected chi connectivity index (χ0v) is 21.0. The van der Waals surface area contributed by atoms with Gasteiger partial charge in [0.2, 0.25) is 5.91 Å². The Morgan fingerprint density at radius 2 is 1.84 bits per heavy atom. The summed E-state index contributed by atoms with van der Waals surface area (Å²) in [6, 6.07) is 2.97. The molecule has 5 N–H and O–H groups in total. The SMILES string of the molecule is CC1NC(=O)C(C2CC2)OC(=O)C(C)C(O)C(Cc2cccnc2)NC(=O)C1NC(=O)c1ncccc1O. The van der Waals surface area contributed by atoms with Crippen LogP contribution in [0.3, 0.4) is 0 Å². The smallest absolute Gasteiger partial charge is 0.312 e. The summed E-state index contributed by atoms with van der Waals surface area (Å²) in [5.41, 5.74) is 0.399. The molecule has 1 aliphatic heterocycles. The van der Waals surface area contributed by atoms with Crippen LogP contribution in [0.15, 0.2) is 42.9 Å². The van der Waals surface area contributed by atoms with Crippen LogP contribution in [0.5, 0.6) is 5.75 Å². The van der Waals surface area contributed by atoms with Crippen molar-refractivity contribution in [3.8, 4) is 5.75 Å². The minimum atomic E-state index is -1.37. The van der Waals surface area contributed by atoms with Gasteiger partial charge in [-0.3, -0.25) is 24.2 Å². The van der Waals surface area contributed by atoms with Crippen LogP contribution in [-0.4, -0.2) is 74.2 Å². The highest BCUT2D eigenvalue weighted by Gasteiger charge is 2.44. The number of carbonyl (C=O) groups excluding carboxylic acids is 4. The molecule has 1 aliphatic carbocycles. The first-order chi connectivity index (χ1) is 18.2. The Morgan fingerprint density at radius 1 is 1.11 bits per heavy atom. The van der Waals surface area contributed by atoms with Crippen LogP contribution in [0.4, 0.5) is 0 Å². The Kier molecular flexibility index (Phi) is 8.20. The number of hydrogen-bond acceptors (Lipinski definition) is 9. The van der Waals surface area contributed by atoms with Gasteiger partial charge in [0.25, 0.3) is 11.8 Å². The Labute approximate surface area is 219 Å². The number of cyclic esters (lactones) is 1. The van der Waals surface area contributed by atoms with E-state index in [-0.39, 0.29) is 23.8 Å². The molecule has 0 spiro atoms. The molecule has 6 atom stereocenters. The number of hydrogen-bond donors (Lipinski definition) is 5. The van der Waals surface area contributed by atoms with Gasteiger partial charge in [-0.25, -0.2) is 4.98 Å². The number of pyridine rings is 2. The van der Waals surface area contributed by atoms with Crippen molar-refractivity contribution in [1.82, 2.24) is 25.9 Å². The minimum absolute atomic E-state index is 0.132. The van der Waals surface area contributed by atoms with Crippen molar-refractivity contribution in [3.05, 3.63) is 54.1 Å². The van der Waals surface area contributed by atoms with E-state index in [0.717, 1.165) is 0 Å². The molecule has 12 heteroatoms. The number of rotatable bonds is 5. The predicted octanol–water partition coefficient (Wildman–Crippen LogP) is -0.155. The maximum atomic E-state index is 13.6. The van der Waals surface area contributed by atoms with Crippen molar-refractivity contribution in [3.63, 3.8) is 0 Å². The summed E-state index contributed by atoms with van der Waals surface area (Å²) < 4.78 is 5.55. The molecule has 2 aromatic rings. The molecule has 38 heavy (non-hydrogen) atoms. The van der Waals surface area contributed by atoms with Crippen molar-refractivity contribution in [2.24, 2.45) is 11.8 Å². The fraction of sp³-hybridized carbons (Fsp3) is 0.462. The summed E-state index contributed by atoms with van der Waals surface area (Å²) >= 11 is 0. The van der Waals surface area contributed by atoms with E-state index in [0.29, 0.717) is 18.4 Å². The molecule has 0 bridgehead atoms. The van der Waals surface area contributed by atoms with E-state index in [9.17, 15) is 29.4 Å². The average Bonchev–Trinajstić information content (AvgIpc) is 3.74. The number of ether oxygens (including phenoxy) is 1. The largest absolute Gasteiger partial charge is 0.505 e. The van der Waals surface area contributed by atoms with Crippen molar-refractivity contribution >= 4 is 23.7 Å². The fourth-order valence-electron chi connectivity index (χ4n) is 4.37. The maximum absolute atomic E-state index is 13.6. The van der Waals surface area contributed by atoms with Gasteiger partial charge in [0.15, 0.2) is 11.8 Å². The molecule has 3 heterocycles. The standard InChI is InChI=1S/C26H31N5O7/c1-13-21(33)17(11-15-5-3-9-27-12-15)30-23(34)19(31-24(35)20-18(32)6-4-10-28-20)14(2)29-25(36)22(16-7-8-16)38-26(13)37/h3-6,9-10,12-14,16-17,19,21-22,32-33H,7-8,11H2,1-2H3,(H,29,36)(H,30,34)(H,31,35). The summed E-state index contributed by atoms with van der Waals surface area (Å²) in [5.74, 6) is -4.51. The minimum Gasteiger partial charge on any atom is -0.505 e. The highest BCUT2D eigenvalue weighted by molar-refractivity contribution is 5.98. The van der Waals surface area contributed by atoms with Crippen LogP contribution in [0.1, 0.15) is 42.7 Å². The van der Waals surface area contributed by atoms with Gasteiger partial charge in [0.1, 0.15) is 11.8 Å². The van der Waals surface area contributed by atoms with Crippen LogP contribution in [0.25, 0.3) is 0 Å². The van der Waals surface area contributed by atoms with E-state index in [4.69, 9.17) is 4.74 Å². The Bertz CT molecular complexity index is 1190. The summed E-state index contributed by atoms with van der Waals surface area (Å²) in [7, 11) is 0. The molecule has 12 nitrogen and oxygen atoms in total. The van der Waals surface area contributed by atoms with Gasteiger partial charge in [-0.2, -0.15) is 0 Å². The van der Waals surface area contributed by atoms with Gasteiger partial charge >= 0.3 is 5.97 Å². The number of nitrogens with one attached hydrogen (secondary N) is 3. The topological polar surface area (TPSA) is 180 Å². The number of aromatic hydroxyl groups is 1. The van der Waals surface area contributed by atoms with Crippen molar-refractivity contribution in [1.29, 1.82) is 0 Å². The van der Waals surface area contributed by atoms with Gasteiger partial charge in [-0.15, -0.1) is 0 Å². The molecule has 1 saturated heterocycles. The lowest BCUT2D eigenvalue weighted by Gasteiger charge is -2.33. The summed E-state index contributed by atoms with van der Waals surface area (Å²) in [6.45, 7) is 2.99. The molecule has 2 aliphatic rings. The maximum Gasteiger partial charge on any atom is 0.312 e. The first kappa shape index (κ1) is 27.0. The molecule has 3 amide bonds. The lowest BCUT2D eigenvalue weighted by molar-refractivity contribution is -0.165. The Morgan fingerprint density at radius 3 is 2.50 bits per heavy atom. The van der Waals surface area contributed by atoms with Crippen LogP contribution in [0.2, 0.25) is 0 Å².